The molecule has 0 radical (unpaired) electrons. The number of halogens is 3. The molecule has 0 aliphatic rings. The Labute approximate surface area is 97.9 Å². The number of aliphatic hydroxyl groups excluding tert-OH is 1. The van der Waals surface area contributed by atoms with Crippen molar-refractivity contribution < 1.29 is 18.3 Å². The lowest BCUT2D eigenvalue weighted by atomic mass is 10.2. The minimum Gasteiger partial charge on any atom is -0.396 e. The van der Waals surface area contributed by atoms with Gasteiger partial charge in [0.2, 0.25) is 0 Å². The summed E-state index contributed by atoms with van der Waals surface area (Å²) in [6, 6.07) is 3.37. The van der Waals surface area contributed by atoms with E-state index in [2.05, 4.69) is 4.98 Å². The van der Waals surface area contributed by atoms with E-state index in [9.17, 15) is 13.2 Å². The van der Waals surface area contributed by atoms with E-state index < -0.39 is 12.7 Å². The summed E-state index contributed by atoms with van der Waals surface area (Å²) < 4.78 is 37.0. The Morgan fingerprint density at radius 3 is 2.41 bits per heavy atom. The average Bonchev–Trinajstić information content (AvgIpc) is 2.25. The van der Waals surface area contributed by atoms with Gasteiger partial charge in [0, 0.05) is 32.1 Å². The van der Waals surface area contributed by atoms with Crippen LogP contribution in [0.2, 0.25) is 0 Å². The highest BCUT2D eigenvalue weighted by Crippen LogP contribution is 2.18. The van der Waals surface area contributed by atoms with Crippen molar-refractivity contribution in [2.45, 2.75) is 19.1 Å². The maximum Gasteiger partial charge on any atom is 0.401 e. The predicted molar refractivity (Wildman–Crippen MR) is 57.3 cm³/mol. The summed E-state index contributed by atoms with van der Waals surface area (Å²) in [7, 11) is 0. The molecule has 1 rings (SSSR count). The molecular formula is C11H15F3N2O. The number of aliphatic hydroxyl groups is 1. The largest absolute Gasteiger partial charge is 0.401 e. The van der Waals surface area contributed by atoms with Gasteiger partial charge in [-0.1, -0.05) is 0 Å². The van der Waals surface area contributed by atoms with E-state index in [-0.39, 0.29) is 19.7 Å². The quantitative estimate of drug-likeness (QED) is 0.834. The molecule has 0 aliphatic carbocycles. The molecule has 0 fully saturated rings. The topological polar surface area (TPSA) is 36.4 Å². The van der Waals surface area contributed by atoms with Crippen molar-refractivity contribution in [3.8, 4) is 0 Å². The highest BCUT2D eigenvalue weighted by atomic mass is 19.4. The summed E-state index contributed by atoms with van der Waals surface area (Å²) in [5.74, 6) is 0. The fourth-order valence-electron chi connectivity index (χ4n) is 1.51. The summed E-state index contributed by atoms with van der Waals surface area (Å²) in [6.07, 6.45) is -0.788. The molecule has 0 amide bonds. The lowest BCUT2D eigenvalue weighted by Gasteiger charge is -2.23. The van der Waals surface area contributed by atoms with Crippen LogP contribution < -0.4 is 0 Å². The molecule has 1 N–H and O–H groups in total. The fourth-order valence-corrected chi connectivity index (χ4v) is 1.51. The molecule has 3 nitrogen and oxygen atoms in total. The molecule has 0 saturated heterocycles. The molecule has 6 heteroatoms. The number of alkyl halides is 3. The SMILES string of the molecule is OCCCN(Cc1ccncc1)CC(F)(F)F. The van der Waals surface area contributed by atoms with Crippen molar-refractivity contribution >= 4 is 0 Å². The summed E-state index contributed by atoms with van der Waals surface area (Å²) >= 11 is 0. The molecule has 0 spiro atoms. The van der Waals surface area contributed by atoms with E-state index in [0.717, 1.165) is 5.56 Å². The summed E-state index contributed by atoms with van der Waals surface area (Å²) in [5, 5.41) is 8.66. The second-order valence-electron chi connectivity index (χ2n) is 3.76. The van der Waals surface area contributed by atoms with E-state index in [4.69, 9.17) is 5.11 Å². The van der Waals surface area contributed by atoms with Gasteiger partial charge in [0.1, 0.15) is 0 Å². The Morgan fingerprint density at radius 1 is 1.24 bits per heavy atom. The standard InChI is InChI=1S/C11H15F3N2O/c12-11(13,14)9-16(6-1-7-17)8-10-2-4-15-5-3-10/h2-5,17H,1,6-9H2. The fraction of sp³-hybridized carbons (Fsp3) is 0.545. The molecule has 0 unspecified atom stereocenters. The molecule has 1 aromatic rings. The van der Waals surface area contributed by atoms with Gasteiger partial charge >= 0.3 is 6.18 Å². The normalized spacial score (nSPS) is 12.1. The van der Waals surface area contributed by atoms with Crippen LogP contribution >= 0.6 is 0 Å². The third kappa shape index (κ3) is 6.23. The van der Waals surface area contributed by atoms with Crippen molar-refractivity contribution in [3.63, 3.8) is 0 Å². The lowest BCUT2D eigenvalue weighted by Crippen LogP contribution is -2.34. The Balaban J connectivity index is 2.57. The van der Waals surface area contributed by atoms with Gasteiger partial charge in [-0.25, -0.2) is 0 Å². The minimum atomic E-state index is -4.22. The second kappa shape index (κ2) is 6.56. The molecular weight excluding hydrogens is 233 g/mol. The molecule has 1 heterocycles. The Bertz CT molecular complexity index is 316. The van der Waals surface area contributed by atoms with Crippen molar-refractivity contribution in [1.82, 2.24) is 9.88 Å². The van der Waals surface area contributed by atoms with Crippen LogP contribution in [0.4, 0.5) is 13.2 Å². The number of rotatable bonds is 6. The number of aromatic nitrogens is 1. The number of hydrogen-bond acceptors (Lipinski definition) is 3. The maximum absolute atomic E-state index is 12.3. The van der Waals surface area contributed by atoms with Gasteiger partial charge in [-0.3, -0.25) is 9.88 Å². The zero-order valence-electron chi connectivity index (χ0n) is 9.32. The first kappa shape index (κ1) is 13.9. The highest BCUT2D eigenvalue weighted by Gasteiger charge is 2.30. The zero-order chi connectivity index (χ0) is 12.7. The Morgan fingerprint density at radius 2 is 1.88 bits per heavy atom. The molecule has 0 aliphatic heterocycles. The molecule has 17 heavy (non-hydrogen) atoms. The van der Waals surface area contributed by atoms with Crippen LogP contribution in [0.1, 0.15) is 12.0 Å². The second-order valence-corrected chi connectivity index (χ2v) is 3.76. The van der Waals surface area contributed by atoms with E-state index in [1.807, 2.05) is 0 Å². The molecule has 96 valence electrons. The summed E-state index contributed by atoms with van der Waals surface area (Å²) in [5.41, 5.74) is 0.780. The first-order valence-corrected chi connectivity index (χ1v) is 5.30. The van der Waals surface area contributed by atoms with Gasteiger partial charge in [0.15, 0.2) is 0 Å². The van der Waals surface area contributed by atoms with E-state index in [1.165, 1.54) is 4.90 Å². The summed E-state index contributed by atoms with van der Waals surface area (Å²) in [4.78, 5) is 5.08. The van der Waals surface area contributed by atoms with Gasteiger partial charge in [-0.2, -0.15) is 13.2 Å². The maximum atomic E-state index is 12.3. The Hall–Kier alpha value is -1.14. The number of nitrogens with zero attached hydrogens (tertiary/aromatic N) is 2. The molecule has 1 aromatic heterocycles. The van der Waals surface area contributed by atoms with Gasteiger partial charge in [0.05, 0.1) is 6.54 Å². The first-order valence-electron chi connectivity index (χ1n) is 5.30. The van der Waals surface area contributed by atoms with Gasteiger partial charge in [0.25, 0.3) is 0 Å². The van der Waals surface area contributed by atoms with Crippen LogP contribution in [0.3, 0.4) is 0 Å². The van der Waals surface area contributed by atoms with Gasteiger partial charge in [-0.05, 0) is 24.1 Å². The van der Waals surface area contributed by atoms with Crippen molar-refractivity contribution in [2.75, 3.05) is 19.7 Å². The molecule has 0 aromatic carbocycles. The molecule has 0 atom stereocenters. The number of hydrogen-bond donors (Lipinski definition) is 1. The highest BCUT2D eigenvalue weighted by molar-refractivity contribution is 5.09. The minimum absolute atomic E-state index is 0.106. The third-order valence-electron chi connectivity index (χ3n) is 2.19. The van der Waals surface area contributed by atoms with Crippen LogP contribution in [0, 0.1) is 0 Å². The van der Waals surface area contributed by atoms with Crippen molar-refractivity contribution in [2.24, 2.45) is 0 Å². The van der Waals surface area contributed by atoms with Crippen LogP contribution in [0.25, 0.3) is 0 Å². The van der Waals surface area contributed by atoms with Gasteiger partial charge < -0.3 is 5.11 Å². The number of pyridine rings is 1. The Kier molecular flexibility index (Phi) is 5.37. The van der Waals surface area contributed by atoms with Crippen LogP contribution in [0.5, 0.6) is 0 Å². The lowest BCUT2D eigenvalue weighted by molar-refractivity contribution is -0.147. The monoisotopic (exact) mass is 248 g/mol. The van der Waals surface area contributed by atoms with E-state index in [0.29, 0.717) is 6.42 Å². The van der Waals surface area contributed by atoms with E-state index in [1.54, 1.807) is 24.5 Å². The predicted octanol–water partition coefficient (Wildman–Crippen LogP) is 1.83. The van der Waals surface area contributed by atoms with Crippen LogP contribution in [-0.2, 0) is 6.54 Å². The third-order valence-corrected chi connectivity index (χ3v) is 2.19. The smallest absolute Gasteiger partial charge is 0.396 e. The van der Waals surface area contributed by atoms with Crippen LogP contribution in [-0.4, -0.2) is 40.9 Å². The molecule has 0 bridgehead atoms. The van der Waals surface area contributed by atoms with Crippen molar-refractivity contribution in [3.05, 3.63) is 30.1 Å². The average molecular weight is 248 g/mol. The first-order chi connectivity index (χ1) is 8.01. The zero-order valence-corrected chi connectivity index (χ0v) is 9.32. The van der Waals surface area contributed by atoms with Crippen molar-refractivity contribution in [1.29, 1.82) is 0 Å². The van der Waals surface area contributed by atoms with Crippen LogP contribution in [0.15, 0.2) is 24.5 Å². The van der Waals surface area contributed by atoms with E-state index >= 15 is 0 Å². The molecule has 0 saturated carbocycles. The van der Waals surface area contributed by atoms with Gasteiger partial charge in [-0.15, -0.1) is 0 Å². The summed E-state index contributed by atoms with van der Waals surface area (Å²) in [6.45, 7) is -0.639.